The Hall–Kier alpha value is -2.23. The van der Waals surface area contributed by atoms with Crippen molar-refractivity contribution >= 4 is 11.5 Å². The molecule has 0 bridgehead atoms. The van der Waals surface area contributed by atoms with Gasteiger partial charge in [0.25, 0.3) is 0 Å². The van der Waals surface area contributed by atoms with Gasteiger partial charge in [0, 0.05) is 25.0 Å². The molecule has 0 aliphatic heterocycles. The third kappa shape index (κ3) is 1.77. The Bertz CT molecular complexity index is 543. The van der Waals surface area contributed by atoms with E-state index in [0.29, 0.717) is 11.1 Å². The maximum Gasteiger partial charge on any atom is 0.196 e. The average Bonchev–Trinajstić information content (AvgIpc) is 2.75. The summed E-state index contributed by atoms with van der Waals surface area (Å²) >= 11 is 0. The predicted molar refractivity (Wildman–Crippen MR) is 60.7 cm³/mol. The first-order valence-electron chi connectivity index (χ1n) is 4.81. The van der Waals surface area contributed by atoms with Crippen molar-refractivity contribution in [3.8, 4) is 0 Å². The maximum absolute atomic E-state index is 12.0. The fourth-order valence-corrected chi connectivity index (χ4v) is 1.54. The van der Waals surface area contributed by atoms with Gasteiger partial charge in [0.2, 0.25) is 0 Å². The van der Waals surface area contributed by atoms with E-state index in [1.807, 2.05) is 7.05 Å². The molecule has 16 heavy (non-hydrogen) atoms. The van der Waals surface area contributed by atoms with Crippen molar-refractivity contribution in [2.45, 2.75) is 0 Å². The Morgan fingerprint density at radius 1 is 1.25 bits per heavy atom. The topological polar surface area (TPSA) is 51.4 Å². The van der Waals surface area contributed by atoms with Crippen LogP contribution in [0.5, 0.6) is 0 Å². The molecule has 80 valence electrons. The second-order valence-electron chi connectivity index (χ2n) is 3.50. The first-order valence-corrected chi connectivity index (χ1v) is 4.81. The lowest BCUT2D eigenvalue weighted by Gasteiger charge is -2.00. The molecule has 2 aromatic rings. The van der Waals surface area contributed by atoms with Crippen LogP contribution in [0, 0.1) is 4.91 Å². The van der Waals surface area contributed by atoms with E-state index in [1.165, 1.54) is 6.07 Å². The molecule has 2 rings (SSSR count). The molecule has 0 saturated carbocycles. The zero-order valence-corrected chi connectivity index (χ0v) is 8.75. The van der Waals surface area contributed by atoms with E-state index < -0.39 is 0 Å². The monoisotopic (exact) mass is 214 g/mol. The van der Waals surface area contributed by atoms with Crippen LogP contribution in [0.4, 0.5) is 5.69 Å². The lowest BCUT2D eigenvalue weighted by Crippen LogP contribution is -2.00. The zero-order valence-electron chi connectivity index (χ0n) is 8.75. The molecule has 4 nitrogen and oxygen atoms in total. The molecule has 0 unspecified atom stereocenters. The highest BCUT2D eigenvalue weighted by molar-refractivity contribution is 6.11. The number of benzene rings is 1. The van der Waals surface area contributed by atoms with Gasteiger partial charge in [-0.3, -0.25) is 4.79 Å². The minimum absolute atomic E-state index is 0.177. The van der Waals surface area contributed by atoms with E-state index in [2.05, 4.69) is 5.18 Å². The SMILES string of the molecule is Cn1ccc(C(=O)c2ccccc2N=O)c1. The molecule has 0 saturated heterocycles. The highest BCUT2D eigenvalue weighted by atomic mass is 16.3. The molecule has 0 atom stereocenters. The van der Waals surface area contributed by atoms with Gasteiger partial charge in [0.05, 0.1) is 5.56 Å². The van der Waals surface area contributed by atoms with Crippen LogP contribution in [0.1, 0.15) is 15.9 Å². The van der Waals surface area contributed by atoms with Crippen LogP contribution in [-0.2, 0) is 7.05 Å². The van der Waals surface area contributed by atoms with Crippen LogP contribution >= 0.6 is 0 Å². The number of rotatable bonds is 3. The molecule has 1 aromatic carbocycles. The Kier molecular flexibility index (Phi) is 2.64. The van der Waals surface area contributed by atoms with Crippen molar-refractivity contribution < 1.29 is 4.79 Å². The summed E-state index contributed by atoms with van der Waals surface area (Å²) in [5.41, 5.74) is 1.07. The van der Waals surface area contributed by atoms with Gasteiger partial charge in [0.1, 0.15) is 5.69 Å². The van der Waals surface area contributed by atoms with Crippen LogP contribution < -0.4 is 0 Å². The van der Waals surface area contributed by atoms with Gasteiger partial charge >= 0.3 is 0 Å². The highest BCUT2D eigenvalue weighted by Crippen LogP contribution is 2.21. The quantitative estimate of drug-likeness (QED) is 0.582. The highest BCUT2D eigenvalue weighted by Gasteiger charge is 2.14. The minimum Gasteiger partial charge on any atom is -0.357 e. The fourth-order valence-electron chi connectivity index (χ4n) is 1.54. The van der Waals surface area contributed by atoms with Gasteiger partial charge in [-0.2, -0.15) is 0 Å². The lowest BCUT2D eigenvalue weighted by molar-refractivity contribution is 0.103. The molecular formula is C12H10N2O2. The van der Waals surface area contributed by atoms with E-state index in [0.717, 1.165) is 0 Å². The van der Waals surface area contributed by atoms with Crippen LogP contribution in [-0.4, -0.2) is 10.4 Å². The van der Waals surface area contributed by atoms with Crippen molar-refractivity contribution in [1.82, 2.24) is 4.57 Å². The van der Waals surface area contributed by atoms with E-state index >= 15 is 0 Å². The third-order valence-corrected chi connectivity index (χ3v) is 2.34. The Morgan fingerprint density at radius 3 is 2.62 bits per heavy atom. The van der Waals surface area contributed by atoms with Gasteiger partial charge in [0.15, 0.2) is 5.78 Å². The summed E-state index contributed by atoms with van der Waals surface area (Å²) in [5, 5.41) is 2.85. The summed E-state index contributed by atoms with van der Waals surface area (Å²) in [6.07, 6.45) is 3.49. The molecule has 0 amide bonds. The second-order valence-corrected chi connectivity index (χ2v) is 3.50. The summed E-state index contributed by atoms with van der Waals surface area (Å²) in [6.45, 7) is 0. The predicted octanol–water partition coefficient (Wildman–Crippen LogP) is 2.65. The van der Waals surface area contributed by atoms with Crippen LogP contribution in [0.2, 0.25) is 0 Å². The van der Waals surface area contributed by atoms with E-state index in [-0.39, 0.29) is 11.5 Å². The molecule has 0 fully saturated rings. The first kappa shape index (κ1) is 10.3. The molecule has 0 spiro atoms. The third-order valence-electron chi connectivity index (χ3n) is 2.34. The summed E-state index contributed by atoms with van der Waals surface area (Å²) in [6, 6.07) is 8.24. The zero-order chi connectivity index (χ0) is 11.5. The summed E-state index contributed by atoms with van der Waals surface area (Å²) in [4.78, 5) is 22.6. The number of hydrogen-bond acceptors (Lipinski definition) is 3. The summed E-state index contributed by atoms with van der Waals surface area (Å²) in [7, 11) is 1.83. The number of carbonyl (C=O) groups excluding carboxylic acids is 1. The van der Waals surface area contributed by atoms with Crippen LogP contribution in [0.25, 0.3) is 0 Å². The number of nitroso groups, excluding NO2 is 1. The van der Waals surface area contributed by atoms with Gasteiger partial charge in [-0.15, -0.1) is 4.91 Å². The average molecular weight is 214 g/mol. The van der Waals surface area contributed by atoms with Crippen molar-refractivity contribution in [1.29, 1.82) is 0 Å². The lowest BCUT2D eigenvalue weighted by atomic mass is 10.0. The van der Waals surface area contributed by atoms with Crippen molar-refractivity contribution in [2.75, 3.05) is 0 Å². The summed E-state index contributed by atoms with van der Waals surface area (Å²) < 4.78 is 1.78. The maximum atomic E-state index is 12.0. The van der Waals surface area contributed by atoms with Crippen LogP contribution in [0.15, 0.2) is 47.9 Å². The van der Waals surface area contributed by atoms with Gasteiger partial charge < -0.3 is 4.57 Å². The molecule has 1 heterocycles. The van der Waals surface area contributed by atoms with E-state index in [9.17, 15) is 9.70 Å². The van der Waals surface area contributed by atoms with Crippen LogP contribution in [0.3, 0.4) is 0 Å². The second kappa shape index (κ2) is 4.10. The number of nitrogens with zero attached hydrogens (tertiary/aromatic N) is 2. The van der Waals surface area contributed by atoms with Crippen molar-refractivity contribution in [3.05, 3.63) is 58.8 Å². The molecule has 4 heteroatoms. The van der Waals surface area contributed by atoms with Crippen molar-refractivity contribution in [2.24, 2.45) is 12.2 Å². The largest absolute Gasteiger partial charge is 0.357 e. The van der Waals surface area contributed by atoms with Gasteiger partial charge in [-0.05, 0) is 23.4 Å². The van der Waals surface area contributed by atoms with Crippen molar-refractivity contribution in [3.63, 3.8) is 0 Å². The van der Waals surface area contributed by atoms with E-state index in [1.54, 1.807) is 41.2 Å². The number of aromatic nitrogens is 1. The Labute approximate surface area is 92.5 Å². The molecule has 0 aliphatic rings. The Balaban J connectivity index is 2.45. The molecule has 0 N–H and O–H groups in total. The number of carbonyl (C=O) groups is 1. The van der Waals surface area contributed by atoms with E-state index in [4.69, 9.17) is 0 Å². The summed E-state index contributed by atoms with van der Waals surface area (Å²) in [5.74, 6) is -0.184. The normalized spacial score (nSPS) is 10.1. The minimum atomic E-state index is -0.184. The number of hydrogen-bond donors (Lipinski definition) is 0. The van der Waals surface area contributed by atoms with Gasteiger partial charge in [-0.1, -0.05) is 12.1 Å². The van der Waals surface area contributed by atoms with Gasteiger partial charge in [-0.25, -0.2) is 0 Å². The molecule has 0 radical (unpaired) electrons. The number of aryl methyl sites for hydroxylation is 1. The molecule has 1 aromatic heterocycles. The Morgan fingerprint density at radius 2 is 2.00 bits per heavy atom. The molecular weight excluding hydrogens is 204 g/mol. The fraction of sp³-hybridized carbons (Fsp3) is 0.0833. The first-order chi connectivity index (χ1) is 7.72. The molecule has 0 aliphatic carbocycles. The smallest absolute Gasteiger partial charge is 0.196 e. The standard InChI is InChI=1S/C12H10N2O2/c1-14-7-6-9(8-14)12(15)10-4-2-3-5-11(10)13-16/h2-8H,1H3. The number of ketones is 1.